The zero-order valence-corrected chi connectivity index (χ0v) is 16.0. The Morgan fingerprint density at radius 3 is 2.85 bits per heavy atom. The summed E-state index contributed by atoms with van der Waals surface area (Å²) in [6, 6.07) is 13.8. The summed E-state index contributed by atoms with van der Waals surface area (Å²) in [6.07, 6.45) is 3.42. The third-order valence-corrected chi connectivity index (χ3v) is 5.49. The Kier molecular flexibility index (Phi) is 6.68. The van der Waals surface area contributed by atoms with Gasteiger partial charge in [0.25, 0.3) is 0 Å². The van der Waals surface area contributed by atoms with E-state index in [4.69, 9.17) is 4.42 Å². The summed E-state index contributed by atoms with van der Waals surface area (Å²) in [6.45, 7) is 4.94. The third kappa shape index (κ3) is 5.09. The molecule has 0 unspecified atom stereocenters. The topological polar surface area (TPSA) is 46.3 Å². The average Bonchev–Trinajstić information content (AvgIpc) is 3.34. The molecule has 0 bridgehead atoms. The molecule has 0 aliphatic heterocycles. The summed E-state index contributed by atoms with van der Waals surface area (Å²) in [5, 5.41) is 2.02. The van der Waals surface area contributed by atoms with Crippen LogP contribution in [0, 0.1) is 0 Å². The number of thiophene rings is 1. The Labute approximate surface area is 161 Å². The van der Waals surface area contributed by atoms with Crippen LogP contribution in [0.1, 0.15) is 10.6 Å². The molecular weight excluding hydrogens is 364 g/mol. The lowest BCUT2D eigenvalue weighted by Gasteiger charge is -2.20. The van der Waals surface area contributed by atoms with Crippen LogP contribution in [-0.2, 0) is 17.1 Å². The molecule has 0 aliphatic rings. The van der Waals surface area contributed by atoms with E-state index in [0.717, 1.165) is 11.3 Å². The predicted octanol–water partition coefficient (Wildman–Crippen LogP) is 4.85. The van der Waals surface area contributed by atoms with Crippen LogP contribution in [0.2, 0.25) is 0 Å². The minimum absolute atomic E-state index is 0.107. The van der Waals surface area contributed by atoms with E-state index in [1.807, 2.05) is 52.7 Å². The van der Waals surface area contributed by atoms with Gasteiger partial charge in [-0.3, -0.25) is 4.79 Å². The van der Waals surface area contributed by atoms with Gasteiger partial charge >= 0.3 is 0 Å². The number of hydrogen-bond acceptors (Lipinski definition) is 5. The fourth-order valence-electron chi connectivity index (χ4n) is 2.42. The molecule has 2 aromatic heterocycles. The molecular formula is C20H20N2O2S2. The van der Waals surface area contributed by atoms with Gasteiger partial charge in [0, 0.05) is 22.7 Å². The number of oxazole rings is 1. The molecule has 0 aliphatic carbocycles. The fraction of sp³-hybridized carbons (Fsp3) is 0.200. The van der Waals surface area contributed by atoms with E-state index in [9.17, 15) is 4.79 Å². The predicted molar refractivity (Wildman–Crippen MR) is 108 cm³/mol. The van der Waals surface area contributed by atoms with Crippen molar-refractivity contribution in [2.45, 2.75) is 12.3 Å². The van der Waals surface area contributed by atoms with Crippen LogP contribution >= 0.6 is 23.1 Å². The van der Waals surface area contributed by atoms with Crippen molar-refractivity contribution in [1.82, 2.24) is 9.88 Å². The van der Waals surface area contributed by atoms with Crippen LogP contribution in [0.3, 0.4) is 0 Å². The van der Waals surface area contributed by atoms with Crippen LogP contribution in [0.25, 0.3) is 11.5 Å². The Bertz CT molecular complexity index is 829. The van der Waals surface area contributed by atoms with Gasteiger partial charge in [0.1, 0.15) is 6.26 Å². The van der Waals surface area contributed by atoms with E-state index >= 15 is 0 Å². The maximum atomic E-state index is 12.5. The second kappa shape index (κ2) is 9.40. The normalized spacial score (nSPS) is 10.6. The first-order valence-electron chi connectivity index (χ1n) is 8.25. The van der Waals surface area contributed by atoms with Crippen LogP contribution in [-0.4, -0.2) is 28.1 Å². The van der Waals surface area contributed by atoms with E-state index < -0.39 is 0 Å². The number of hydrogen-bond donors (Lipinski definition) is 0. The zero-order valence-electron chi connectivity index (χ0n) is 14.3. The van der Waals surface area contributed by atoms with Gasteiger partial charge in [-0.2, -0.15) is 0 Å². The number of thioether (sulfide) groups is 1. The van der Waals surface area contributed by atoms with Crippen molar-refractivity contribution in [2.24, 2.45) is 0 Å². The minimum atomic E-state index is 0.107. The van der Waals surface area contributed by atoms with E-state index in [1.54, 1.807) is 35.4 Å². The standard InChI is InChI=1S/C20H20N2O2S2/c1-2-10-22(12-18-9-6-11-26-18)19(23)15-25-14-17-13-24-20(21-17)16-7-4-3-5-8-16/h2-9,11,13H,1,10,12,14-15H2. The fourth-order valence-corrected chi connectivity index (χ4v) is 3.94. The number of carbonyl (C=O) groups excluding carboxylic acids is 1. The molecule has 2 heterocycles. The van der Waals surface area contributed by atoms with Gasteiger partial charge in [0.05, 0.1) is 18.0 Å². The highest BCUT2D eigenvalue weighted by molar-refractivity contribution is 7.99. The van der Waals surface area contributed by atoms with Crippen molar-refractivity contribution in [3.8, 4) is 11.5 Å². The Morgan fingerprint density at radius 1 is 1.27 bits per heavy atom. The summed E-state index contributed by atoms with van der Waals surface area (Å²) in [4.78, 5) is 20.0. The molecule has 0 N–H and O–H groups in total. The zero-order chi connectivity index (χ0) is 18.2. The minimum Gasteiger partial charge on any atom is -0.444 e. The number of carbonyl (C=O) groups is 1. The molecule has 134 valence electrons. The second-order valence-electron chi connectivity index (χ2n) is 5.65. The van der Waals surface area contributed by atoms with Gasteiger partial charge in [0.2, 0.25) is 11.8 Å². The average molecular weight is 385 g/mol. The van der Waals surface area contributed by atoms with E-state index in [1.165, 1.54) is 4.88 Å². The maximum Gasteiger partial charge on any atom is 0.233 e. The number of aromatic nitrogens is 1. The Hall–Kier alpha value is -2.31. The van der Waals surface area contributed by atoms with Crippen molar-refractivity contribution >= 4 is 29.0 Å². The lowest BCUT2D eigenvalue weighted by molar-refractivity contribution is -0.128. The van der Waals surface area contributed by atoms with Crippen molar-refractivity contribution in [1.29, 1.82) is 0 Å². The lowest BCUT2D eigenvalue weighted by Crippen LogP contribution is -2.31. The molecule has 3 rings (SSSR count). The smallest absolute Gasteiger partial charge is 0.233 e. The molecule has 4 nitrogen and oxygen atoms in total. The first-order valence-corrected chi connectivity index (χ1v) is 10.3. The highest BCUT2D eigenvalue weighted by Gasteiger charge is 2.14. The van der Waals surface area contributed by atoms with Crippen molar-refractivity contribution in [3.63, 3.8) is 0 Å². The van der Waals surface area contributed by atoms with E-state index in [-0.39, 0.29) is 5.91 Å². The molecule has 0 fully saturated rings. The summed E-state index contributed by atoms with van der Waals surface area (Å²) in [5.41, 5.74) is 1.79. The van der Waals surface area contributed by atoms with Crippen molar-refractivity contribution in [2.75, 3.05) is 12.3 Å². The molecule has 0 spiro atoms. The summed E-state index contributed by atoms with van der Waals surface area (Å²) >= 11 is 3.20. The molecule has 1 aromatic carbocycles. The van der Waals surface area contributed by atoms with Crippen LogP contribution < -0.4 is 0 Å². The molecule has 0 saturated heterocycles. The molecule has 0 atom stereocenters. The first-order chi connectivity index (χ1) is 12.8. The first kappa shape index (κ1) is 18.5. The molecule has 6 heteroatoms. The van der Waals surface area contributed by atoms with E-state index in [2.05, 4.69) is 11.6 Å². The SMILES string of the molecule is C=CCN(Cc1cccs1)C(=O)CSCc1coc(-c2ccccc2)n1. The molecule has 0 saturated carbocycles. The van der Waals surface area contributed by atoms with Crippen molar-refractivity contribution < 1.29 is 9.21 Å². The number of rotatable bonds is 9. The van der Waals surface area contributed by atoms with Gasteiger partial charge < -0.3 is 9.32 Å². The Morgan fingerprint density at radius 2 is 2.12 bits per heavy atom. The highest BCUT2D eigenvalue weighted by Crippen LogP contribution is 2.21. The van der Waals surface area contributed by atoms with Crippen LogP contribution in [0.4, 0.5) is 0 Å². The summed E-state index contributed by atoms with van der Waals surface area (Å²) in [7, 11) is 0. The monoisotopic (exact) mass is 384 g/mol. The van der Waals surface area contributed by atoms with Crippen molar-refractivity contribution in [3.05, 3.63) is 77.3 Å². The largest absolute Gasteiger partial charge is 0.444 e. The Balaban J connectivity index is 1.51. The van der Waals surface area contributed by atoms with Gasteiger partial charge in [0.15, 0.2) is 0 Å². The third-order valence-electron chi connectivity index (χ3n) is 3.68. The molecule has 3 aromatic rings. The number of amides is 1. The van der Waals surface area contributed by atoms with Crippen LogP contribution in [0.15, 0.2) is 71.2 Å². The number of benzene rings is 1. The van der Waals surface area contributed by atoms with E-state index in [0.29, 0.717) is 30.5 Å². The lowest BCUT2D eigenvalue weighted by atomic mass is 10.2. The van der Waals surface area contributed by atoms with Gasteiger partial charge in [-0.15, -0.1) is 29.7 Å². The van der Waals surface area contributed by atoms with Gasteiger partial charge in [-0.25, -0.2) is 4.98 Å². The van der Waals surface area contributed by atoms with Crippen LogP contribution in [0.5, 0.6) is 0 Å². The maximum absolute atomic E-state index is 12.5. The summed E-state index contributed by atoms with van der Waals surface area (Å²) < 4.78 is 5.53. The molecule has 1 amide bonds. The quantitative estimate of drug-likeness (QED) is 0.495. The summed E-state index contributed by atoms with van der Waals surface area (Å²) in [5.74, 6) is 1.77. The number of nitrogens with zero attached hydrogens (tertiary/aromatic N) is 2. The van der Waals surface area contributed by atoms with Gasteiger partial charge in [-0.1, -0.05) is 30.3 Å². The highest BCUT2D eigenvalue weighted by atomic mass is 32.2. The molecule has 26 heavy (non-hydrogen) atoms. The second-order valence-corrected chi connectivity index (χ2v) is 7.66. The van der Waals surface area contributed by atoms with Gasteiger partial charge in [-0.05, 0) is 23.6 Å². The molecule has 0 radical (unpaired) electrons.